The number of nitrogen functional groups attached to an aromatic ring is 1. The van der Waals surface area contributed by atoms with E-state index in [0.29, 0.717) is 34.8 Å². The molecule has 5 nitrogen and oxygen atoms in total. The SMILES string of the molecule is C=CCNC(=O)c1sc(NC2CC2C)c(OC(C)C)c1N. The summed E-state index contributed by atoms with van der Waals surface area (Å²) in [6, 6.07) is 0.446. The van der Waals surface area contributed by atoms with Crippen LogP contribution in [0.3, 0.4) is 0 Å². The number of rotatable bonds is 7. The molecule has 0 radical (unpaired) electrons. The number of hydrogen-bond acceptors (Lipinski definition) is 5. The van der Waals surface area contributed by atoms with Gasteiger partial charge in [-0.05, 0) is 26.2 Å². The summed E-state index contributed by atoms with van der Waals surface area (Å²) in [5, 5.41) is 7.02. The van der Waals surface area contributed by atoms with Gasteiger partial charge in [0.05, 0.1) is 6.10 Å². The number of ether oxygens (including phenoxy) is 1. The van der Waals surface area contributed by atoms with Gasteiger partial charge < -0.3 is 21.1 Å². The molecule has 1 amide bonds. The van der Waals surface area contributed by atoms with Crippen molar-refractivity contribution in [3.63, 3.8) is 0 Å². The van der Waals surface area contributed by atoms with Crippen LogP contribution in [0.15, 0.2) is 12.7 Å². The molecule has 1 aromatic rings. The van der Waals surface area contributed by atoms with E-state index < -0.39 is 0 Å². The number of nitrogens with two attached hydrogens (primary N) is 1. The van der Waals surface area contributed by atoms with Crippen molar-refractivity contribution in [3.05, 3.63) is 17.5 Å². The topological polar surface area (TPSA) is 76.4 Å². The number of carbonyl (C=O) groups is 1. The van der Waals surface area contributed by atoms with Crippen molar-refractivity contribution in [2.45, 2.75) is 39.3 Å². The average molecular weight is 309 g/mol. The summed E-state index contributed by atoms with van der Waals surface area (Å²) in [7, 11) is 0. The van der Waals surface area contributed by atoms with Crippen LogP contribution < -0.4 is 21.1 Å². The number of carbonyl (C=O) groups excluding carboxylic acids is 1. The fourth-order valence-corrected chi connectivity index (χ4v) is 3.01. The molecule has 1 aromatic heterocycles. The first-order chi connectivity index (χ1) is 9.93. The second kappa shape index (κ2) is 6.39. The second-order valence-corrected chi connectivity index (χ2v) is 6.65. The third kappa shape index (κ3) is 3.69. The molecular weight excluding hydrogens is 286 g/mol. The Hall–Kier alpha value is -1.69. The lowest BCUT2D eigenvalue weighted by Gasteiger charge is -2.12. The number of anilines is 2. The summed E-state index contributed by atoms with van der Waals surface area (Å²) in [4.78, 5) is 12.6. The van der Waals surface area contributed by atoms with Gasteiger partial charge >= 0.3 is 0 Å². The molecule has 1 aliphatic carbocycles. The van der Waals surface area contributed by atoms with Gasteiger partial charge in [0.15, 0.2) is 5.75 Å². The molecule has 0 bridgehead atoms. The van der Waals surface area contributed by atoms with Crippen molar-refractivity contribution < 1.29 is 9.53 Å². The molecule has 1 fully saturated rings. The molecule has 1 heterocycles. The van der Waals surface area contributed by atoms with Gasteiger partial charge in [0, 0.05) is 12.6 Å². The Bertz CT molecular complexity index is 539. The molecule has 21 heavy (non-hydrogen) atoms. The summed E-state index contributed by atoms with van der Waals surface area (Å²) in [6.45, 7) is 10.1. The maximum Gasteiger partial charge on any atom is 0.263 e. The van der Waals surface area contributed by atoms with Gasteiger partial charge in [-0.25, -0.2) is 0 Å². The Labute approximate surface area is 129 Å². The molecule has 0 spiro atoms. The van der Waals surface area contributed by atoms with Gasteiger partial charge in [-0.2, -0.15) is 0 Å². The van der Waals surface area contributed by atoms with Crippen molar-refractivity contribution in [2.75, 3.05) is 17.6 Å². The minimum absolute atomic E-state index is 0.00293. The van der Waals surface area contributed by atoms with Crippen LogP contribution in [0.25, 0.3) is 0 Å². The Balaban J connectivity index is 2.24. The van der Waals surface area contributed by atoms with Gasteiger partial charge in [0.25, 0.3) is 5.91 Å². The van der Waals surface area contributed by atoms with Crippen LogP contribution in [0, 0.1) is 5.92 Å². The Morgan fingerprint density at radius 1 is 1.62 bits per heavy atom. The van der Waals surface area contributed by atoms with E-state index in [4.69, 9.17) is 10.5 Å². The highest BCUT2D eigenvalue weighted by Crippen LogP contribution is 2.46. The fraction of sp³-hybridized carbons (Fsp3) is 0.533. The molecule has 6 heteroatoms. The molecule has 4 N–H and O–H groups in total. The van der Waals surface area contributed by atoms with Crippen molar-refractivity contribution >= 4 is 27.9 Å². The first-order valence-electron chi connectivity index (χ1n) is 7.18. The van der Waals surface area contributed by atoms with Gasteiger partial charge in [0.2, 0.25) is 0 Å². The third-order valence-electron chi connectivity index (χ3n) is 3.29. The van der Waals surface area contributed by atoms with Gasteiger partial charge in [-0.15, -0.1) is 17.9 Å². The van der Waals surface area contributed by atoms with E-state index >= 15 is 0 Å². The molecule has 1 saturated carbocycles. The van der Waals surface area contributed by atoms with Crippen molar-refractivity contribution in [1.82, 2.24) is 5.32 Å². The fourth-order valence-electron chi connectivity index (χ4n) is 1.98. The van der Waals surface area contributed by atoms with Crippen molar-refractivity contribution in [2.24, 2.45) is 5.92 Å². The summed E-state index contributed by atoms with van der Waals surface area (Å²) in [5.41, 5.74) is 6.52. The highest BCUT2D eigenvalue weighted by atomic mass is 32.1. The predicted octanol–water partition coefficient (Wildman–Crippen LogP) is 2.85. The second-order valence-electron chi connectivity index (χ2n) is 5.63. The van der Waals surface area contributed by atoms with E-state index in [-0.39, 0.29) is 12.0 Å². The van der Waals surface area contributed by atoms with Gasteiger partial charge in [-0.3, -0.25) is 4.79 Å². The molecular formula is C15H23N3O2S. The maximum atomic E-state index is 12.1. The van der Waals surface area contributed by atoms with E-state index in [0.717, 1.165) is 11.4 Å². The number of nitrogens with one attached hydrogen (secondary N) is 2. The van der Waals surface area contributed by atoms with Gasteiger partial charge in [0.1, 0.15) is 15.6 Å². The average Bonchev–Trinajstić information content (AvgIpc) is 3.03. The van der Waals surface area contributed by atoms with Crippen LogP contribution >= 0.6 is 11.3 Å². The highest BCUT2D eigenvalue weighted by molar-refractivity contribution is 7.19. The molecule has 116 valence electrons. The number of hydrogen-bond donors (Lipinski definition) is 3. The first-order valence-corrected chi connectivity index (χ1v) is 8.00. The van der Waals surface area contributed by atoms with E-state index in [9.17, 15) is 4.79 Å². The minimum atomic E-state index is -0.192. The summed E-state index contributed by atoms with van der Waals surface area (Å²) < 4.78 is 5.80. The normalized spacial score (nSPS) is 20.2. The third-order valence-corrected chi connectivity index (χ3v) is 4.41. The highest BCUT2D eigenvalue weighted by Gasteiger charge is 2.34. The molecule has 2 unspecified atom stereocenters. The lowest BCUT2D eigenvalue weighted by molar-refractivity contribution is 0.0962. The quantitative estimate of drug-likeness (QED) is 0.677. The molecule has 0 aliphatic heterocycles. The van der Waals surface area contributed by atoms with Crippen LogP contribution in [0.4, 0.5) is 10.7 Å². The summed E-state index contributed by atoms with van der Waals surface area (Å²) >= 11 is 1.35. The first kappa shape index (κ1) is 15.7. The van der Waals surface area contributed by atoms with Crippen LogP contribution in [0.2, 0.25) is 0 Å². The van der Waals surface area contributed by atoms with Crippen LogP contribution in [0.5, 0.6) is 5.75 Å². The van der Waals surface area contributed by atoms with Crippen LogP contribution in [0.1, 0.15) is 36.9 Å². The van der Waals surface area contributed by atoms with Crippen LogP contribution in [-0.4, -0.2) is 24.6 Å². The zero-order chi connectivity index (χ0) is 15.6. The molecule has 0 aromatic carbocycles. The number of thiophene rings is 1. The largest absolute Gasteiger partial charge is 0.486 e. The summed E-state index contributed by atoms with van der Waals surface area (Å²) in [6.07, 6.45) is 2.78. The Morgan fingerprint density at radius 2 is 2.29 bits per heavy atom. The molecule has 1 aliphatic rings. The Morgan fingerprint density at radius 3 is 2.81 bits per heavy atom. The predicted molar refractivity (Wildman–Crippen MR) is 88.2 cm³/mol. The standard InChI is InChI=1S/C15H23N3O2S/c1-5-6-17-14(19)13-11(16)12(20-8(2)3)15(21-13)18-10-7-9(10)4/h5,8-10,18H,1,6-7,16H2,2-4H3,(H,17,19). The molecule has 2 atom stereocenters. The monoisotopic (exact) mass is 309 g/mol. The van der Waals surface area contributed by atoms with Crippen LogP contribution in [-0.2, 0) is 0 Å². The van der Waals surface area contributed by atoms with Crippen molar-refractivity contribution in [3.8, 4) is 5.75 Å². The zero-order valence-electron chi connectivity index (χ0n) is 12.7. The van der Waals surface area contributed by atoms with E-state index in [2.05, 4.69) is 24.1 Å². The lowest BCUT2D eigenvalue weighted by atomic mass is 10.3. The lowest BCUT2D eigenvalue weighted by Crippen LogP contribution is -2.23. The molecule has 0 saturated heterocycles. The van der Waals surface area contributed by atoms with E-state index in [1.807, 2.05) is 13.8 Å². The van der Waals surface area contributed by atoms with E-state index in [1.165, 1.54) is 11.3 Å². The summed E-state index contributed by atoms with van der Waals surface area (Å²) in [5.74, 6) is 1.05. The number of amides is 1. The smallest absolute Gasteiger partial charge is 0.263 e. The Kier molecular flexibility index (Phi) is 4.77. The van der Waals surface area contributed by atoms with Gasteiger partial charge in [-0.1, -0.05) is 13.0 Å². The van der Waals surface area contributed by atoms with Crippen molar-refractivity contribution in [1.29, 1.82) is 0 Å². The molecule has 2 rings (SSSR count). The van der Waals surface area contributed by atoms with E-state index in [1.54, 1.807) is 6.08 Å². The minimum Gasteiger partial charge on any atom is -0.486 e. The zero-order valence-corrected chi connectivity index (χ0v) is 13.5. The maximum absolute atomic E-state index is 12.1.